The summed E-state index contributed by atoms with van der Waals surface area (Å²) in [6.07, 6.45) is 8.88. The van der Waals surface area contributed by atoms with Crippen LogP contribution in [0.2, 0.25) is 0 Å². The summed E-state index contributed by atoms with van der Waals surface area (Å²) >= 11 is 0. The lowest BCUT2D eigenvalue weighted by atomic mass is 10.0. The number of rotatable bonds is 10. The van der Waals surface area contributed by atoms with Gasteiger partial charge >= 0.3 is 6.03 Å². The number of nitrogens with one attached hydrogen (secondary N) is 3. The summed E-state index contributed by atoms with van der Waals surface area (Å²) in [6, 6.07) is 22.7. The summed E-state index contributed by atoms with van der Waals surface area (Å²) < 4.78 is 7.18. The number of aryl methyl sites for hydroxylation is 1. The standard InChI is InChI=1S/C34H34N10O2/c1-43-23-28(22-40-43)26-7-12-31(36-20-26)44(34(45)39-19-24-5-3-2-4-6-24)30-10-8-29(9-11-30)41-33-38-21-27(17-35)32(42-33)37-18-25-13-15-46-16-14-25/h2-12,20-23,25H,13-16,18-19H2,1H3,(H,39,45)(H2,37,38,41,42). The molecule has 12 heteroatoms. The lowest BCUT2D eigenvalue weighted by molar-refractivity contribution is 0.0699. The molecule has 4 heterocycles. The van der Waals surface area contributed by atoms with Crippen LogP contribution in [-0.4, -0.2) is 50.5 Å². The minimum absolute atomic E-state index is 0.318. The van der Waals surface area contributed by atoms with Crippen LogP contribution >= 0.6 is 0 Å². The number of hydrogen-bond acceptors (Lipinski definition) is 9. The van der Waals surface area contributed by atoms with Gasteiger partial charge in [-0.05, 0) is 60.7 Å². The molecule has 0 saturated carbocycles. The molecule has 0 radical (unpaired) electrons. The normalized spacial score (nSPS) is 13.0. The van der Waals surface area contributed by atoms with Crippen molar-refractivity contribution in [2.75, 3.05) is 35.3 Å². The summed E-state index contributed by atoms with van der Waals surface area (Å²) in [5.41, 5.74) is 4.53. The topological polar surface area (TPSA) is 146 Å². The van der Waals surface area contributed by atoms with Crippen LogP contribution < -0.4 is 20.9 Å². The van der Waals surface area contributed by atoms with E-state index in [2.05, 4.69) is 42.1 Å². The van der Waals surface area contributed by atoms with Crippen molar-refractivity contribution >= 4 is 35.0 Å². The van der Waals surface area contributed by atoms with Crippen molar-refractivity contribution in [1.82, 2.24) is 30.0 Å². The third kappa shape index (κ3) is 7.46. The Kier molecular flexibility index (Phi) is 9.41. The predicted molar refractivity (Wildman–Crippen MR) is 176 cm³/mol. The highest BCUT2D eigenvalue weighted by atomic mass is 16.5. The number of pyridine rings is 1. The van der Waals surface area contributed by atoms with Crippen molar-refractivity contribution in [2.45, 2.75) is 19.4 Å². The Bertz CT molecular complexity index is 1790. The molecule has 0 aliphatic carbocycles. The Hall–Kier alpha value is -5.80. The summed E-state index contributed by atoms with van der Waals surface area (Å²) in [6.45, 7) is 2.58. The first-order valence-corrected chi connectivity index (χ1v) is 15.1. The molecule has 2 aromatic carbocycles. The van der Waals surface area contributed by atoms with Gasteiger partial charge in [-0.15, -0.1) is 0 Å². The largest absolute Gasteiger partial charge is 0.381 e. The minimum Gasteiger partial charge on any atom is -0.381 e. The summed E-state index contributed by atoms with van der Waals surface area (Å²) in [4.78, 5) is 28.7. The monoisotopic (exact) mass is 614 g/mol. The van der Waals surface area contributed by atoms with Gasteiger partial charge in [0.1, 0.15) is 23.3 Å². The van der Waals surface area contributed by atoms with Gasteiger partial charge in [0, 0.05) is 62.6 Å². The highest BCUT2D eigenvalue weighted by Crippen LogP contribution is 2.28. The molecular weight excluding hydrogens is 580 g/mol. The van der Waals surface area contributed by atoms with Gasteiger partial charge in [-0.1, -0.05) is 30.3 Å². The number of nitriles is 1. The van der Waals surface area contributed by atoms with E-state index in [-0.39, 0.29) is 6.03 Å². The fourth-order valence-corrected chi connectivity index (χ4v) is 5.14. The first-order chi connectivity index (χ1) is 22.6. The molecule has 0 bridgehead atoms. The third-order valence-electron chi connectivity index (χ3n) is 7.69. The molecule has 46 heavy (non-hydrogen) atoms. The number of benzene rings is 2. The van der Waals surface area contributed by atoms with Crippen molar-refractivity contribution in [2.24, 2.45) is 13.0 Å². The first kappa shape index (κ1) is 30.2. The molecule has 1 saturated heterocycles. The fourth-order valence-electron chi connectivity index (χ4n) is 5.14. The highest BCUT2D eigenvalue weighted by molar-refractivity contribution is 5.98. The molecule has 6 rings (SSSR count). The maximum absolute atomic E-state index is 13.6. The van der Waals surface area contributed by atoms with Gasteiger partial charge in [-0.25, -0.2) is 19.7 Å². The zero-order chi connectivity index (χ0) is 31.7. The van der Waals surface area contributed by atoms with E-state index in [1.54, 1.807) is 17.1 Å². The zero-order valence-electron chi connectivity index (χ0n) is 25.4. The maximum atomic E-state index is 13.6. The molecule has 5 aromatic rings. The average molecular weight is 615 g/mol. The van der Waals surface area contributed by atoms with Gasteiger partial charge in [0.25, 0.3) is 0 Å². The number of nitrogens with zero attached hydrogens (tertiary/aromatic N) is 7. The van der Waals surface area contributed by atoms with Crippen LogP contribution in [0, 0.1) is 17.2 Å². The summed E-state index contributed by atoms with van der Waals surface area (Å²) in [5, 5.41) is 23.4. The van der Waals surface area contributed by atoms with Gasteiger partial charge in [-0.2, -0.15) is 15.3 Å². The van der Waals surface area contributed by atoms with Gasteiger partial charge < -0.3 is 20.7 Å². The average Bonchev–Trinajstić information content (AvgIpc) is 3.54. The molecule has 3 aromatic heterocycles. The number of ether oxygens (including phenoxy) is 1. The number of carbonyl (C=O) groups is 1. The summed E-state index contributed by atoms with van der Waals surface area (Å²) in [7, 11) is 1.86. The van der Waals surface area contributed by atoms with E-state index < -0.39 is 0 Å². The molecule has 0 unspecified atom stereocenters. The first-order valence-electron chi connectivity index (χ1n) is 15.1. The van der Waals surface area contributed by atoms with Gasteiger partial charge in [0.15, 0.2) is 0 Å². The minimum atomic E-state index is -0.318. The fraction of sp³-hybridized carbons (Fsp3) is 0.235. The Morgan fingerprint density at radius 3 is 2.50 bits per heavy atom. The van der Waals surface area contributed by atoms with Crippen molar-refractivity contribution in [1.29, 1.82) is 5.26 Å². The van der Waals surface area contributed by atoms with E-state index in [1.807, 2.05) is 80.0 Å². The van der Waals surface area contributed by atoms with Gasteiger partial charge in [-0.3, -0.25) is 4.68 Å². The maximum Gasteiger partial charge on any atom is 0.327 e. The van der Waals surface area contributed by atoms with Crippen LogP contribution in [0.5, 0.6) is 0 Å². The van der Waals surface area contributed by atoms with E-state index in [9.17, 15) is 10.1 Å². The van der Waals surface area contributed by atoms with E-state index in [0.717, 1.165) is 42.7 Å². The molecule has 1 aliphatic rings. The van der Waals surface area contributed by atoms with Crippen LogP contribution in [-0.2, 0) is 18.3 Å². The van der Waals surface area contributed by atoms with Crippen LogP contribution in [0.1, 0.15) is 24.0 Å². The molecule has 2 amide bonds. The van der Waals surface area contributed by atoms with E-state index in [1.165, 1.54) is 11.1 Å². The van der Waals surface area contributed by atoms with Crippen LogP contribution in [0.4, 0.5) is 33.8 Å². The van der Waals surface area contributed by atoms with Crippen molar-refractivity contribution in [3.63, 3.8) is 0 Å². The highest BCUT2D eigenvalue weighted by Gasteiger charge is 2.20. The van der Waals surface area contributed by atoms with Crippen LogP contribution in [0.3, 0.4) is 0 Å². The molecule has 0 atom stereocenters. The van der Waals surface area contributed by atoms with Crippen LogP contribution in [0.25, 0.3) is 11.1 Å². The zero-order valence-corrected chi connectivity index (χ0v) is 25.4. The Morgan fingerprint density at radius 2 is 1.80 bits per heavy atom. The molecular formula is C34H34N10O2. The van der Waals surface area contributed by atoms with Crippen LogP contribution in [0.15, 0.2) is 91.5 Å². The summed E-state index contributed by atoms with van der Waals surface area (Å²) in [5.74, 6) is 1.78. The molecule has 0 spiro atoms. The van der Waals surface area contributed by atoms with E-state index in [4.69, 9.17) is 4.74 Å². The lowest BCUT2D eigenvalue weighted by Gasteiger charge is -2.23. The molecule has 232 valence electrons. The van der Waals surface area contributed by atoms with Gasteiger partial charge in [0.05, 0.1) is 18.1 Å². The Labute approximate surface area is 267 Å². The number of amides is 2. The second kappa shape index (κ2) is 14.3. The lowest BCUT2D eigenvalue weighted by Crippen LogP contribution is -2.37. The van der Waals surface area contributed by atoms with Crippen molar-refractivity contribution in [3.05, 3.63) is 103 Å². The second-order valence-corrected chi connectivity index (χ2v) is 11.0. The second-order valence-electron chi connectivity index (χ2n) is 11.0. The SMILES string of the molecule is Cn1cc(-c2ccc(N(C(=O)NCc3ccccc3)c3ccc(Nc4ncc(C#N)c(NCC5CCOCC5)n4)cc3)nc2)cn1. The number of urea groups is 1. The molecule has 1 fully saturated rings. The Morgan fingerprint density at radius 1 is 1.00 bits per heavy atom. The quantitative estimate of drug-likeness (QED) is 0.178. The van der Waals surface area contributed by atoms with E-state index in [0.29, 0.717) is 53.5 Å². The van der Waals surface area contributed by atoms with Gasteiger partial charge in [0.2, 0.25) is 5.95 Å². The Balaban J connectivity index is 1.20. The molecule has 12 nitrogen and oxygen atoms in total. The smallest absolute Gasteiger partial charge is 0.327 e. The predicted octanol–water partition coefficient (Wildman–Crippen LogP) is 5.77. The van der Waals surface area contributed by atoms with E-state index >= 15 is 0 Å². The number of anilines is 5. The van der Waals surface area contributed by atoms with Crippen molar-refractivity contribution in [3.8, 4) is 17.2 Å². The number of carbonyl (C=O) groups excluding carboxylic acids is 1. The number of aromatic nitrogens is 5. The molecule has 3 N–H and O–H groups in total. The third-order valence-corrected chi connectivity index (χ3v) is 7.69. The number of hydrogen-bond donors (Lipinski definition) is 3. The molecule has 1 aliphatic heterocycles. The van der Waals surface area contributed by atoms with Crippen molar-refractivity contribution < 1.29 is 9.53 Å².